The van der Waals surface area contributed by atoms with Gasteiger partial charge in [0.1, 0.15) is 0 Å². The molecule has 1 atom stereocenters. The molecule has 23 heavy (non-hydrogen) atoms. The second kappa shape index (κ2) is 7.70. The van der Waals surface area contributed by atoms with Crippen LogP contribution in [-0.2, 0) is 13.1 Å². The molecule has 3 rings (SSSR count). The molecule has 0 radical (unpaired) electrons. The maximum atomic E-state index is 4.57. The van der Waals surface area contributed by atoms with Crippen LogP contribution in [0.15, 0.2) is 36.7 Å². The number of fused-ring (bicyclic) bond motifs is 1. The van der Waals surface area contributed by atoms with Crippen molar-refractivity contribution in [3.63, 3.8) is 0 Å². The van der Waals surface area contributed by atoms with E-state index in [1.54, 1.807) is 0 Å². The molecule has 124 valence electrons. The van der Waals surface area contributed by atoms with Crippen LogP contribution >= 0.6 is 0 Å². The van der Waals surface area contributed by atoms with Gasteiger partial charge in [0.25, 0.3) is 0 Å². The van der Waals surface area contributed by atoms with Gasteiger partial charge in [-0.3, -0.25) is 14.6 Å². The van der Waals surface area contributed by atoms with Gasteiger partial charge in [0.2, 0.25) is 0 Å². The Kier molecular flexibility index (Phi) is 5.41. The predicted octanol–water partition coefficient (Wildman–Crippen LogP) is 2.57. The van der Waals surface area contributed by atoms with E-state index in [9.17, 15) is 0 Å². The minimum atomic E-state index is 0.457. The van der Waals surface area contributed by atoms with Crippen molar-refractivity contribution in [1.29, 1.82) is 0 Å². The minimum absolute atomic E-state index is 0.457. The van der Waals surface area contributed by atoms with Crippen LogP contribution in [0.3, 0.4) is 0 Å². The van der Waals surface area contributed by atoms with Crippen molar-refractivity contribution < 1.29 is 0 Å². The lowest BCUT2D eigenvalue weighted by atomic mass is 10.1. The first-order valence-corrected chi connectivity index (χ1v) is 8.67. The van der Waals surface area contributed by atoms with E-state index in [1.807, 2.05) is 18.5 Å². The van der Waals surface area contributed by atoms with Crippen LogP contribution in [0.4, 0.5) is 0 Å². The van der Waals surface area contributed by atoms with E-state index in [2.05, 4.69) is 56.6 Å². The number of hydrogen-bond donors (Lipinski definition) is 0. The van der Waals surface area contributed by atoms with Gasteiger partial charge in [-0.25, -0.2) is 0 Å². The zero-order valence-electron chi connectivity index (χ0n) is 14.2. The molecule has 2 aromatic rings. The summed E-state index contributed by atoms with van der Waals surface area (Å²) in [5.41, 5.74) is 2.46. The minimum Gasteiger partial charge on any atom is -0.304 e. The van der Waals surface area contributed by atoms with E-state index >= 15 is 0 Å². The molecule has 0 aromatic carbocycles. The SMILES string of the molecule is CCN(CC)CC[C@H]1CN(Cc2ccccn2)Cc2ccnn21. The van der Waals surface area contributed by atoms with E-state index < -0.39 is 0 Å². The summed E-state index contributed by atoms with van der Waals surface area (Å²) >= 11 is 0. The Hall–Kier alpha value is -1.72. The van der Waals surface area contributed by atoms with Gasteiger partial charge in [-0.1, -0.05) is 19.9 Å². The third kappa shape index (κ3) is 3.98. The van der Waals surface area contributed by atoms with Crippen LogP contribution in [0.25, 0.3) is 0 Å². The molecule has 1 aliphatic heterocycles. The fourth-order valence-electron chi connectivity index (χ4n) is 3.39. The Bertz CT molecular complexity index is 590. The standard InChI is InChI=1S/C18H27N5/c1-3-21(4-2)12-9-18-15-22(13-16-7-5-6-10-19-16)14-17-8-11-20-23(17)18/h5-8,10-11,18H,3-4,9,12-15H2,1-2H3/t18-/m0/s1. The van der Waals surface area contributed by atoms with Crippen molar-refractivity contribution in [3.8, 4) is 0 Å². The summed E-state index contributed by atoms with van der Waals surface area (Å²) in [6, 6.07) is 8.75. The summed E-state index contributed by atoms with van der Waals surface area (Å²) in [6.07, 6.45) is 4.96. The summed E-state index contributed by atoms with van der Waals surface area (Å²) in [5, 5.41) is 4.57. The Morgan fingerprint density at radius 1 is 1.17 bits per heavy atom. The molecule has 5 heteroatoms. The number of hydrogen-bond acceptors (Lipinski definition) is 4. The fraction of sp³-hybridized carbons (Fsp3) is 0.556. The number of pyridine rings is 1. The molecule has 2 aromatic heterocycles. The third-order valence-electron chi connectivity index (χ3n) is 4.74. The number of rotatable bonds is 7. The van der Waals surface area contributed by atoms with Gasteiger partial charge in [-0.2, -0.15) is 5.10 Å². The molecule has 0 aliphatic carbocycles. The smallest absolute Gasteiger partial charge is 0.0662 e. The first-order chi connectivity index (χ1) is 11.3. The molecule has 0 amide bonds. The molecule has 3 heterocycles. The molecule has 5 nitrogen and oxygen atoms in total. The lowest BCUT2D eigenvalue weighted by molar-refractivity contribution is 0.148. The van der Waals surface area contributed by atoms with Crippen LogP contribution < -0.4 is 0 Å². The molecule has 0 saturated carbocycles. The second-order valence-corrected chi connectivity index (χ2v) is 6.23. The summed E-state index contributed by atoms with van der Waals surface area (Å²) in [5.74, 6) is 0. The maximum Gasteiger partial charge on any atom is 0.0662 e. The molecule has 1 aliphatic rings. The zero-order valence-corrected chi connectivity index (χ0v) is 14.2. The topological polar surface area (TPSA) is 37.2 Å². The Balaban J connectivity index is 1.67. The Labute approximate surface area is 138 Å². The first kappa shape index (κ1) is 16.1. The molecule has 0 saturated heterocycles. The largest absolute Gasteiger partial charge is 0.304 e. The predicted molar refractivity (Wildman–Crippen MR) is 92.0 cm³/mol. The van der Waals surface area contributed by atoms with Crippen LogP contribution in [0.2, 0.25) is 0 Å². The van der Waals surface area contributed by atoms with Crippen molar-refractivity contribution >= 4 is 0 Å². The summed E-state index contributed by atoms with van der Waals surface area (Å²) in [6.45, 7) is 10.8. The molecular weight excluding hydrogens is 286 g/mol. The number of nitrogens with zero attached hydrogens (tertiary/aromatic N) is 5. The normalized spacial score (nSPS) is 18.3. The maximum absolute atomic E-state index is 4.57. The lowest BCUT2D eigenvalue weighted by Gasteiger charge is -2.34. The second-order valence-electron chi connectivity index (χ2n) is 6.23. The van der Waals surface area contributed by atoms with E-state index in [-0.39, 0.29) is 0 Å². The molecular formula is C18H27N5. The fourth-order valence-corrected chi connectivity index (χ4v) is 3.39. The van der Waals surface area contributed by atoms with Crippen molar-refractivity contribution in [1.82, 2.24) is 24.6 Å². The van der Waals surface area contributed by atoms with E-state index in [1.165, 1.54) is 5.69 Å². The highest BCUT2D eigenvalue weighted by Gasteiger charge is 2.25. The van der Waals surface area contributed by atoms with Gasteiger partial charge < -0.3 is 4.90 Å². The van der Waals surface area contributed by atoms with Gasteiger partial charge in [0, 0.05) is 38.6 Å². The highest BCUT2D eigenvalue weighted by Crippen LogP contribution is 2.24. The monoisotopic (exact) mass is 313 g/mol. The van der Waals surface area contributed by atoms with Gasteiger partial charge >= 0.3 is 0 Å². The molecule has 0 unspecified atom stereocenters. The average molecular weight is 313 g/mol. The lowest BCUT2D eigenvalue weighted by Crippen LogP contribution is -2.39. The van der Waals surface area contributed by atoms with Gasteiger partial charge in [0.15, 0.2) is 0 Å². The molecule has 0 spiro atoms. The summed E-state index contributed by atoms with van der Waals surface area (Å²) < 4.78 is 2.23. The molecule has 0 bridgehead atoms. The van der Waals surface area contributed by atoms with Gasteiger partial charge in [-0.05, 0) is 37.7 Å². The highest BCUT2D eigenvalue weighted by molar-refractivity contribution is 5.08. The van der Waals surface area contributed by atoms with Crippen molar-refractivity contribution in [3.05, 3.63) is 48.0 Å². The van der Waals surface area contributed by atoms with E-state index in [0.29, 0.717) is 6.04 Å². The molecule has 0 N–H and O–H groups in total. The van der Waals surface area contributed by atoms with Crippen molar-refractivity contribution in [2.24, 2.45) is 0 Å². The number of aromatic nitrogens is 3. The highest BCUT2D eigenvalue weighted by atomic mass is 15.4. The summed E-state index contributed by atoms with van der Waals surface area (Å²) in [7, 11) is 0. The van der Waals surface area contributed by atoms with E-state index in [0.717, 1.165) is 51.4 Å². The first-order valence-electron chi connectivity index (χ1n) is 8.67. The van der Waals surface area contributed by atoms with Crippen LogP contribution in [0.1, 0.15) is 37.7 Å². The summed E-state index contributed by atoms with van der Waals surface area (Å²) in [4.78, 5) is 9.45. The Morgan fingerprint density at radius 3 is 2.78 bits per heavy atom. The van der Waals surface area contributed by atoms with Crippen molar-refractivity contribution in [2.75, 3.05) is 26.2 Å². The van der Waals surface area contributed by atoms with Crippen molar-refractivity contribution in [2.45, 2.75) is 39.4 Å². The van der Waals surface area contributed by atoms with E-state index in [4.69, 9.17) is 0 Å². The Morgan fingerprint density at radius 2 is 2.04 bits per heavy atom. The quantitative estimate of drug-likeness (QED) is 0.787. The van der Waals surface area contributed by atoms with Crippen LogP contribution in [-0.4, -0.2) is 50.7 Å². The van der Waals surface area contributed by atoms with Crippen LogP contribution in [0, 0.1) is 0 Å². The van der Waals surface area contributed by atoms with Crippen LogP contribution in [0.5, 0.6) is 0 Å². The average Bonchev–Trinajstić information content (AvgIpc) is 3.05. The van der Waals surface area contributed by atoms with Gasteiger partial charge in [0.05, 0.1) is 17.4 Å². The third-order valence-corrected chi connectivity index (χ3v) is 4.74. The zero-order chi connectivity index (χ0) is 16.1. The van der Waals surface area contributed by atoms with Gasteiger partial charge in [-0.15, -0.1) is 0 Å². The molecule has 0 fully saturated rings.